The molecule has 0 aromatic heterocycles. The van der Waals surface area contributed by atoms with Crippen LogP contribution in [0.2, 0.25) is 0 Å². The van der Waals surface area contributed by atoms with Gasteiger partial charge < -0.3 is 14.2 Å². The molecular weight excluding hydrogens is 516 g/mol. The maximum Gasteiger partial charge on any atom is 0.421 e. The summed E-state index contributed by atoms with van der Waals surface area (Å²) in [6, 6.07) is 0. The van der Waals surface area contributed by atoms with E-state index in [1.54, 1.807) is 0 Å². The van der Waals surface area contributed by atoms with E-state index in [0.29, 0.717) is 0 Å². The van der Waals surface area contributed by atoms with Gasteiger partial charge in [0.1, 0.15) is 0 Å². The van der Waals surface area contributed by atoms with Gasteiger partial charge in [0, 0.05) is 38.2 Å². The minimum Gasteiger partial charge on any atom is -0.380 e. The summed E-state index contributed by atoms with van der Waals surface area (Å²) in [5.41, 5.74) is -14.0. The average molecular weight is 534 g/mol. The molecule has 2 atom stereocenters. The van der Waals surface area contributed by atoms with Crippen molar-refractivity contribution in [2.24, 2.45) is 0 Å². The molecule has 0 heterocycles. The first-order valence-electron chi connectivity index (χ1n) is 9.50. The van der Waals surface area contributed by atoms with Gasteiger partial charge in [0.15, 0.2) is 11.2 Å². The van der Waals surface area contributed by atoms with Gasteiger partial charge in [-0.15, -0.1) is 0 Å². The second kappa shape index (κ2) is 9.47. The number of hydrogen-bond donors (Lipinski definition) is 0. The Labute approximate surface area is 190 Å². The second-order valence-electron chi connectivity index (χ2n) is 7.87. The lowest BCUT2D eigenvalue weighted by molar-refractivity contribution is -0.341. The highest BCUT2D eigenvalue weighted by Gasteiger charge is 2.67. The third-order valence-electron chi connectivity index (χ3n) is 5.14. The summed E-state index contributed by atoms with van der Waals surface area (Å²) in [5, 5.41) is 0. The van der Waals surface area contributed by atoms with Gasteiger partial charge >= 0.3 is 24.7 Å². The molecule has 2 unspecified atom stereocenters. The van der Waals surface area contributed by atoms with Crippen molar-refractivity contribution >= 4 is 0 Å². The standard InChI is InChI=1S/C20H18F12O3/c1-33-9-11-3-13(17(21,22)23)7-15(5-11,19(27,28)29)35-16(20(30,31)32)6-12(10-34-2)4-14(8-16)18(24,25)26/h3-6H,7-10H2,1-2H3. The van der Waals surface area contributed by atoms with Gasteiger partial charge in [-0.2, -0.15) is 52.7 Å². The molecule has 0 spiro atoms. The minimum absolute atomic E-state index is 0.0331. The number of hydrogen-bond acceptors (Lipinski definition) is 3. The lowest BCUT2D eigenvalue weighted by Gasteiger charge is -2.46. The largest absolute Gasteiger partial charge is 0.421 e. The summed E-state index contributed by atoms with van der Waals surface area (Å²) >= 11 is 0. The molecule has 0 aliphatic heterocycles. The van der Waals surface area contributed by atoms with Crippen LogP contribution in [0.15, 0.2) is 46.6 Å². The predicted octanol–water partition coefficient (Wildman–Crippen LogP) is 6.54. The van der Waals surface area contributed by atoms with Gasteiger partial charge in [0.2, 0.25) is 0 Å². The number of halogens is 12. The maximum atomic E-state index is 14.2. The predicted molar refractivity (Wildman–Crippen MR) is 96.1 cm³/mol. The molecule has 0 saturated carbocycles. The van der Waals surface area contributed by atoms with Gasteiger partial charge in [0.05, 0.1) is 13.2 Å². The van der Waals surface area contributed by atoms with E-state index in [4.69, 9.17) is 0 Å². The molecule has 0 fully saturated rings. The van der Waals surface area contributed by atoms with Crippen LogP contribution in [0.1, 0.15) is 12.8 Å². The Hall–Kier alpha value is -2.00. The molecule has 2 rings (SSSR count). The average Bonchev–Trinajstić information content (AvgIpc) is 2.65. The van der Waals surface area contributed by atoms with Gasteiger partial charge in [-0.25, -0.2) is 0 Å². The fraction of sp³-hybridized carbons (Fsp3) is 0.600. The van der Waals surface area contributed by atoms with E-state index in [2.05, 4.69) is 14.2 Å². The first-order chi connectivity index (χ1) is 15.7. The van der Waals surface area contributed by atoms with Crippen LogP contribution < -0.4 is 0 Å². The quantitative estimate of drug-likeness (QED) is 0.363. The highest BCUT2D eigenvalue weighted by Crippen LogP contribution is 2.54. The van der Waals surface area contributed by atoms with Crippen molar-refractivity contribution in [3.8, 4) is 0 Å². The van der Waals surface area contributed by atoms with Crippen LogP contribution in [0.25, 0.3) is 0 Å². The van der Waals surface area contributed by atoms with Crippen LogP contribution in [0.4, 0.5) is 52.7 Å². The van der Waals surface area contributed by atoms with Gasteiger partial charge in [-0.05, 0) is 35.5 Å². The summed E-state index contributed by atoms with van der Waals surface area (Å²) in [6.45, 7) is -1.75. The SMILES string of the molecule is COCC1=CC(OC2(C(F)(F)F)C=C(COC)C=C(C(F)(F)F)C2)(C(F)(F)F)CC(C(F)(F)F)=C1. The van der Waals surface area contributed by atoms with E-state index in [-0.39, 0.29) is 24.3 Å². The molecule has 0 N–H and O–H groups in total. The summed E-state index contributed by atoms with van der Waals surface area (Å²) in [7, 11) is 1.82. The van der Waals surface area contributed by atoms with Crippen molar-refractivity contribution in [1.29, 1.82) is 0 Å². The molecule has 3 nitrogen and oxygen atoms in total. The summed E-state index contributed by atoms with van der Waals surface area (Å²) in [5.74, 6) is 0. The van der Waals surface area contributed by atoms with E-state index >= 15 is 0 Å². The second-order valence-corrected chi connectivity index (χ2v) is 7.87. The molecule has 2 aliphatic carbocycles. The molecule has 0 amide bonds. The Balaban J connectivity index is 2.80. The lowest BCUT2D eigenvalue weighted by atomic mass is 9.81. The summed E-state index contributed by atoms with van der Waals surface area (Å²) < 4.78 is 179. The summed E-state index contributed by atoms with van der Waals surface area (Å²) in [4.78, 5) is 0. The zero-order valence-electron chi connectivity index (χ0n) is 17.9. The van der Waals surface area contributed by atoms with Crippen LogP contribution in [-0.4, -0.2) is 63.3 Å². The molecule has 15 heteroatoms. The van der Waals surface area contributed by atoms with Crippen LogP contribution in [0, 0.1) is 0 Å². The van der Waals surface area contributed by atoms with Crippen molar-refractivity contribution in [3.63, 3.8) is 0 Å². The maximum absolute atomic E-state index is 14.2. The summed E-state index contributed by atoms with van der Waals surface area (Å²) in [6.07, 6.45) is -26.5. The first kappa shape index (κ1) is 29.2. The van der Waals surface area contributed by atoms with Crippen molar-refractivity contribution < 1.29 is 66.9 Å². The zero-order valence-corrected chi connectivity index (χ0v) is 17.9. The van der Waals surface area contributed by atoms with Gasteiger partial charge in [-0.1, -0.05) is 0 Å². The molecule has 0 aromatic rings. The Bertz CT molecular complexity index is 844. The number of ether oxygens (including phenoxy) is 3. The lowest BCUT2D eigenvalue weighted by Crippen LogP contribution is -2.59. The van der Waals surface area contributed by atoms with E-state index < -0.39 is 84.3 Å². The Morgan fingerprint density at radius 3 is 1.17 bits per heavy atom. The Morgan fingerprint density at radius 1 is 0.629 bits per heavy atom. The van der Waals surface area contributed by atoms with E-state index in [1.165, 1.54) is 0 Å². The Kier molecular flexibility index (Phi) is 7.91. The van der Waals surface area contributed by atoms with Crippen LogP contribution >= 0.6 is 0 Å². The molecule has 0 radical (unpaired) electrons. The fourth-order valence-electron chi connectivity index (χ4n) is 3.70. The molecule has 0 aromatic carbocycles. The first-order valence-corrected chi connectivity index (χ1v) is 9.50. The van der Waals surface area contributed by atoms with Crippen molar-refractivity contribution in [2.75, 3.05) is 27.4 Å². The zero-order chi connectivity index (χ0) is 27.1. The highest BCUT2D eigenvalue weighted by atomic mass is 19.4. The smallest absolute Gasteiger partial charge is 0.380 e. The van der Waals surface area contributed by atoms with Crippen LogP contribution in [0.5, 0.6) is 0 Å². The van der Waals surface area contributed by atoms with Crippen LogP contribution in [-0.2, 0) is 14.2 Å². The minimum atomic E-state index is -5.91. The number of methoxy groups -OCH3 is 2. The monoisotopic (exact) mass is 534 g/mol. The Morgan fingerprint density at radius 2 is 0.943 bits per heavy atom. The highest BCUT2D eigenvalue weighted by molar-refractivity contribution is 5.41. The molecule has 0 bridgehead atoms. The van der Waals surface area contributed by atoms with E-state index in [1.807, 2.05) is 0 Å². The molecular formula is C20H18F12O3. The normalized spacial score (nSPS) is 26.7. The van der Waals surface area contributed by atoms with E-state index in [9.17, 15) is 52.7 Å². The topological polar surface area (TPSA) is 27.7 Å². The molecule has 0 saturated heterocycles. The van der Waals surface area contributed by atoms with Gasteiger partial charge in [0.25, 0.3) is 0 Å². The van der Waals surface area contributed by atoms with Crippen LogP contribution in [0.3, 0.4) is 0 Å². The third kappa shape index (κ3) is 6.23. The number of rotatable bonds is 6. The molecule has 2 aliphatic rings. The molecule has 35 heavy (non-hydrogen) atoms. The number of alkyl halides is 12. The van der Waals surface area contributed by atoms with Crippen molar-refractivity contribution in [2.45, 2.75) is 48.7 Å². The van der Waals surface area contributed by atoms with E-state index in [0.717, 1.165) is 14.2 Å². The molecule has 200 valence electrons. The van der Waals surface area contributed by atoms with Crippen molar-refractivity contribution in [3.05, 3.63) is 46.6 Å². The fourth-order valence-corrected chi connectivity index (χ4v) is 3.70. The van der Waals surface area contributed by atoms with Crippen molar-refractivity contribution in [1.82, 2.24) is 0 Å². The van der Waals surface area contributed by atoms with Gasteiger partial charge in [-0.3, -0.25) is 0 Å². The third-order valence-corrected chi connectivity index (χ3v) is 5.14.